The topological polar surface area (TPSA) is 128 Å². The third-order valence-electron chi connectivity index (χ3n) is 5.24. The average molecular weight is 532 g/mol. The van der Waals surface area contributed by atoms with Gasteiger partial charge >= 0.3 is 12.2 Å². The smallest absolute Gasteiger partial charge is 0.416 e. The first-order valence-electron chi connectivity index (χ1n) is 10.6. The largest absolute Gasteiger partial charge is 0.497 e. The van der Waals surface area contributed by atoms with E-state index >= 15 is 0 Å². The maximum atomic E-state index is 13.0. The number of anilines is 2. The van der Waals surface area contributed by atoms with Crippen molar-refractivity contribution in [2.45, 2.75) is 11.1 Å². The predicted molar refractivity (Wildman–Crippen MR) is 131 cm³/mol. The lowest BCUT2D eigenvalue weighted by Crippen LogP contribution is -2.20. The first kappa shape index (κ1) is 25.7. The maximum absolute atomic E-state index is 13.0. The molecule has 4 rings (SSSR count). The summed E-state index contributed by atoms with van der Waals surface area (Å²) in [6.07, 6.45) is -3.20. The number of aromatic nitrogens is 2. The van der Waals surface area contributed by atoms with Crippen LogP contribution in [0.25, 0.3) is 16.9 Å². The first-order valence-corrected chi connectivity index (χ1v) is 12.1. The van der Waals surface area contributed by atoms with Crippen molar-refractivity contribution in [2.75, 3.05) is 17.7 Å². The molecule has 0 atom stereocenters. The second-order valence-electron chi connectivity index (χ2n) is 7.74. The summed E-state index contributed by atoms with van der Waals surface area (Å²) in [5.41, 5.74) is 0.785. The van der Waals surface area contributed by atoms with Crippen LogP contribution in [-0.2, 0) is 16.2 Å². The van der Waals surface area contributed by atoms with Gasteiger partial charge in [-0.25, -0.2) is 23.0 Å². The molecule has 13 heteroatoms. The van der Waals surface area contributed by atoms with Crippen molar-refractivity contribution in [2.24, 2.45) is 5.14 Å². The Labute approximate surface area is 209 Å². The highest BCUT2D eigenvalue weighted by atomic mass is 32.2. The summed E-state index contributed by atoms with van der Waals surface area (Å²) >= 11 is 0. The van der Waals surface area contributed by atoms with Crippen LogP contribution in [0.1, 0.15) is 5.56 Å². The molecule has 0 radical (unpaired) electrons. The molecule has 1 heterocycles. The van der Waals surface area contributed by atoms with Crippen LogP contribution in [0, 0.1) is 0 Å². The molecule has 0 unspecified atom stereocenters. The van der Waals surface area contributed by atoms with Crippen LogP contribution in [0.15, 0.2) is 83.9 Å². The fourth-order valence-corrected chi connectivity index (χ4v) is 4.01. The van der Waals surface area contributed by atoms with Crippen LogP contribution >= 0.6 is 0 Å². The molecule has 1 aromatic heterocycles. The number of halogens is 3. The molecule has 4 N–H and O–H groups in total. The molecule has 0 aliphatic carbocycles. The number of nitrogens with one attached hydrogen (secondary N) is 2. The molecule has 192 valence electrons. The molecule has 4 aromatic rings. The SMILES string of the molecule is COc1ccc(-c2c(NC(=O)Nc3cccc(C(F)(F)F)c3)cnn2-c2ccc(S(N)(=O)=O)cc2)cc1. The molecule has 0 saturated heterocycles. The Morgan fingerprint density at radius 1 is 1.00 bits per heavy atom. The van der Waals surface area contributed by atoms with Gasteiger partial charge in [0, 0.05) is 11.3 Å². The zero-order chi connectivity index (χ0) is 26.8. The molecular formula is C24H20F3N5O4S. The minimum atomic E-state index is -4.56. The van der Waals surface area contributed by atoms with Crippen LogP contribution < -0.4 is 20.5 Å². The Balaban J connectivity index is 1.68. The number of alkyl halides is 3. The molecular weight excluding hydrogens is 511 g/mol. The van der Waals surface area contributed by atoms with E-state index < -0.39 is 27.8 Å². The number of hydrogen-bond acceptors (Lipinski definition) is 5. The molecule has 3 aromatic carbocycles. The van der Waals surface area contributed by atoms with Crippen LogP contribution in [0.4, 0.5) is 29.3 Å². The number of carbonyl (C=O) groups is 1. The minimum Gasteiger partial charge on any atom is -0.497 e. The lowest BCUT2D eigenvalue weighted by atomic mass is 10.1. The van der Waals surface area contributed by atoms with Crippen LogP contribution in [-0.4, -0.2) is 31.3 Å². The van der Waals surface area contributed by atoms with Gasteiger partial charge in [-0.3, -0.25) is 0 Å². The number of benzene rings is 3. The van der Waals surface area contributed by atoms with Gasteiger partial charge in [0.25, 0.3) is 0 Å². The van der Waals surface area contributed by atoms with E-state index in [-0.39, 0.29) is 16.3 Å². The number of carbonyl (C=O) groups excluding carboxylic acids is 1. The van der Waals surface area contributed by atoms with Crippen molar-refractivity contribution in [3.8, 4) is 22.7 Å². The molecule has 37 heavy (non-hydrogen) atoms. The van der Waals surface area contributed by atoms with Crippen LogP contribution in [0.3, 0.4) is 0 Å². The van der Waals surface area contributed by atoms with Gasteiger partial charge in [-0.05, 0) is 66.7 Å². The number of sulfonamides is 1. The second-order valence-corrected chi connectivity index (χ2v) is 9.31. The normalized spacial score (nSPS) is 11.7. The fourth-order valence-electron chi connectivity index (χ4n) is 3.50. The van der Waals surface area contributed by atoms with Crippen LogP contribution in [0.5, 0.6) is 5.75 Å². The summed E-state index contributed by atoms with van der Waals surface area (Å²) in [7, 11) is -2.39. The third kappa shape index (κ3) is 5.90. The minimum absolute atomic E-state index is 0.0516. The highest BCUT2D eigenvalue weighted by Gasteiger charge is 2.30. The quantitative estimate of drug-likeness (QED) is 0.327. The first-order chi connectivity index (χ1) is 17.5. The van der Waals surface area contributed by atoms with Crippen molar-refractivity contribution in [3.05, 3.63) is 84.6 Å². The zero-order valence-corrected chi connectivity index (χ0v) is 20.0. The summed E-state index contributed by atoms with van der Waals surface area (Å²) < 4.78 is 68.9. The molecule has 0 bridgehead atoms. The summed E-state index contributed by atoms with van der Waals surface area (Å²) in [6, 6.07) is 15.9. The number of amides is 2. The Morgan fingerprint density at radius 2 is 1.68 bits per heavy atom. The van der Waals surface area contributed by atoms with Gasteiger partial charge in [0.05, 0.1) is 40.8 Å². The van der Waals surface area contributed by atoms with Crippen molar-refractivity contribution in [1.82, 2.24) is 9.78 Å². The van der Waals surface area contributed by atoms with E-state index in [9.17, 15) is 26.4 Å². The van der Waals surface area contributed by atoms with Crippen molar-refractivity contribution in [1.29, 1.82) is 0 Å². The molecule has 9 nitrogen and oxygen atoms in total. The van der Waals surface area contributed by atoms with E-state index in [0.29, 0.717) is 22.7 Å². The van der Waals surface area contributed by atoms with E-state index in [1.165, 1.54) is 54.4 Å². The number of hydrogen-bond donors (Lipinski definition) is 3. The number of rotatable bonds is 6. The Kier molecular flexibility index (Phi) is 6.92. The standard InChI is InChI=1S/C24H20F3N5O4S/c1-36-19-9-5-15(6-10-19)22-21(14-29-32(22)18-7-11-20(12-8-18)37(28,34)35)31-23(33)30-17-4-2-3-16(13-17)24(25,26)27/h2-14H,1H3,(H2,28,34,35)(H2,30,31,33). The highest BCUT2D eigenvalue weighted by molar-refractivity contribution is 7.89. The van der Waals surface area contributed by atoms with Gasteiger partial charge in [-0.1, -0.05) is 6.07 Å². The van der Waals surface area contributed by atoms with Gasteiger partial charge in [0.1, 0.15) is 5.75 Å². The number of nitrogens with two attached hydrogens (primary N) is 1. The summed E-state index contributed by atoms with van der Waals surface area (Å²) in [5.74, 6) is 0.587. The van der Waals surface area contributed by atoms with E-state index in [0.717, 1.165) is 12.1 Å². The van der Waals surface area contributed by atoms with Crippen molar-refractivity contribution < 1.29 is 31.1 Å². The number of primary sulfonamides is 1. The lowest BCUT2D eigenvalue weighted by Gasteiger charge is -2.13. The van der Waals surface area contributed by atoms with E-state index in [1.807, 2.05) is 0 Å². The number of urea groups is 1. The Morgan fingerprint density at radius 3 is 2.27 bits per heavy atom. The van der Waals surface area contributed by atoms with Gasteiger partial charge in [0.2, 0.25) is 10.0 Å². The summed E-state index contributed by atoms with van der Waals surface area (Å²) in [5, 5.41) is 14.5. The molecule has 2 amide bonds. The molecule has 0 aliphatic heterocycles. The van der Waals surface area contributed by atoms with E-state index in [1.54, 1.807) is 24.3 Å². The Hall–Kier alpha value is -4.36. The van der Waals surface area contributed by atoms with Gasteiger partial charge < -0.3 is 15.4 Å². The highest BCUT2D eigenvalue weighted by Crippen LogP contribution is 2.33. The summed E-state index contributed by atoms with van der Waals surface area (Å²) in [4.78, 5) is 12.6. The van der Waals surface area contributed by atoms with Crippen molar-refractivity contribution >= 4 is 27.4 Å². The average Bonchev–Trinajstić information content (AvgIpc) is 3.26. The molecule has 0 fully saturated rings. The van der Waals surface area contributed by atoms with Crippen molar-refractivity contribution in [3.63, 3.8) is 0 Å². The number of methoxy groups -OCH3 is 1. The molecule has 0 aliphatic rings. The maximum Gasteiger partial charge on any atom is 0.416 e. The van der Waals surface area contributed by atoms with E-state index in [4.69, 9.17) is 9.88 Å². The summed E-state index contributed by atoms with van der Waals surface area (Å²) in [6.45, 7) is 0. The van der Waals surface area contributed by atoms with Crippen LogP contribution in [0.2, 0.25) is 0 Å². The monoisotopic (exact) mass is 531 g/mol. The molecule has 0 spiro atoms. The fraction of sp³-hybridized carbons (Fsp3) is 0.0833. The van der Waals surface area contributed by atoms with Gasteiger partial charge in [0.15, 0.2) is 0 Å². The third-order valence-corrected chi connectivity index (χ3v) is 6.17. The lowest BCUT2D eigenvalue weighted by molar-refractivity contribution is -0.137. The molecule has 0 saturated carbocycles. The van der Waals surface area contributed by atoms with Gasteiger partial charge in [-0.2, -0.15) is 18.3 Å². The zero-order valence-electron chi connectivity index (χ0n) is 19.2. The number of ether oxygens (including phenoxy) is 1. The second kappa shape index (κ2) is 9.95. The Bertz CT molecular complexity index is 1530. The number of nitrogens with zero attached hydrogens (tertiary/aromatic N) is 2. The predicted octanol–water partition coefficient (Wildman–Crippen LogP) is 4.86. The van der Waals surface area contributed by atoms with Gasteiger partial charge in [-0.15, -0.1) is 0 Å². The van der Waals surface area contributed by atoms with E-state index in [2.05, 4.69) is 15.7 Å².